The predicted octanol–water partition coefficient (Wildman–Crippen LogP) is 2.84. The molecular weight excluding hydrogens is 240 g/mol. The van der Waals surface area contributed by atoms with Crippen molar-refractivity contribution in [3.8, 4) is 5.75 Å². The van der Waals surface area contributed by atoms with Gasteiger partial charge in [-0.1, -0.05) is 18.2 Å². The quantitative estimate of drug-likeness (QED) is 0.832. The molecule has 0 aliphatic heterocycles. The maximum atomic E-state index is 12.2. The molecule has 19 heavy (non-hydrogen) atoms. The molecule has 1 amide bonds. The zero-order valence-electron chi connectivity index (χ0n) is 11.9. The smallest absolute Gasteiger partial charge is 0.256 e. The number of hydrogen-bond acceptors (Lipinski definition) is 3. The van der Waals surface area contributed by atoms with Crippen LogP contribution in [0.15, 0.2) is 42.4 Å². The fraction of sp³-hybridized carbons (Fsp3) is 0.133. The van der Waals surface area contributed by atoms with Crippen molar-refractivity contribution in [3.05, 3.63) is 53.6 Å². The van der Waals surface area contributed by atoms with E-state index < -0.39 is 0 Å². The number of amides is 1. The van der Waals surface area contributed by atoms with Crippen LogP contribution in [0.5, 0.6) is 5.75 Å². The van der Waals surface area contributed by atoms with Crippen LogP contribution in [0.2, 0.25) is 0 Å². The monoisotopic (exact) mass is 258 g/mol. The summed E-state index contributed by atoms with van der Waals surface area (Å²) >= 11 is 0. The van der Waals surface area contributed by atoms with Gasteiger partial charge in [0.15, 0.2) is 0 Å². The zero-order valence-corrected chi connectivity index (χ0v) is 10.9. The van der Waals surface area contributed by atoms with Gasteiger partial charge >= 0.3 is 0 Å². The lowest BCUT2D eigenvalue weighted by Gasteiger charge is -2.12. The largest absolute Gasteiger partial charge is 0.494 e. The van der Waals surface area contributed by atoms with Crippen LogP contribution >= 0.6 is 0 Å². The molecule has 98 valence electrons. The molecule has 0 unspecified atom stereocenters. The molecule has 0 spiro atoms. The number of carbonyl (C=O) groups excluding carboxylic acids is 1. The summed E-state index contributed by atoms with van der Waals surface area (Å²) < 4.78 is 12.6. The zero-order chi connectivity index (χ0) is 14.7. The average molecular weight is 258 g/mol. The van der Waals surface area contributed by atoms with Crippen molar-refractivity contribution in [2.24, 2.45) is 0 Å². The Bertz CT molecular complexity index is 639. The highest BCUT2D eigenvalue weighted by atomic mass is 16.5. The Kier molecular flexibility index (Phi) is 3.32. The molecule has 2 rings (SSSR count). The van der Waals surface area contributed by atoms with Gasteiger partial charge in [0.25, 0.3) is 5.91 Å². The molecule has 0 bridgehead atoms. The molecule has 0 heterocycles. The Hall–Kier alpha value is -2.49. The summed E-state index contributed by atoms with van der Waals surface area (Å²) in [7, 11) is 1.52. The van der Waals surface area contributed by atoms with Gasteiger partial charge in [0.05, 0.1) is 14.2 Å². The van der Waals surface area contributed by atoms with Crippen molar-refractivity contribution in [1.29, 1.82) is 0 Å². The van der Waals surface area contributed by atoms with Gasteiger partial charge in [0.2, 0.25) is 0 Å². The molecule has 0 fully saturated rings. The van der Waals surface area contributed by atoms with Gasteiger partial charge in [-0.2, -0.15) is 0 Å². The first-order chi connectivity index (χ1) is 9.52. The SMILES string of the molecule is [3H]c1ccc(NC(=O)c2ccc(N)c(OC)c2C)cc1. The van der Waals surface area contributed by atoms with Crippen LogP contribution in [-0.4, -0.2) is 13.0 Å². The fourth-order valence-electron chi connectivity index (χ4n) is 1.90. The molecule has 0 atom stereocenters. The molecule has 0 saturated heterocycles. The van der Waals surface area contributed by atoms with E-state index in [0.29, 0.717) is 34.3 Å². The highest BCUT2D eigenvalue weighted by Gasteiger charge is 2.14. The Morgan fingerprint density at radius 2 is 2.00 bits per heavy atom. The lowest BCUT2D eigenvalue weighted by Crippen LogP contribution is -2.14. The van der Waals surface area contributed by atoms with Gasteiger partial charge in [-0.05, 0) is 31.2 Å². The Balaban J connectivity index is 2.28. The van der Waals surface area contributed by atoms with Crippen LogP contribution in [0.4, 0.5) is 11.4 Å². The molecule has 2 aromatic rings. The predicted molar refractivity (Wildman–Crippen MR) is 76.5 cm³/mol. The van der Waals surface area contributed by atoms with E-state index in [2.05, 4.69) is 5.32 Å². The molecular formula is C15H16N2O2. The van der Waals surface area contributed by atoms with E-state index in [0.717, 1.165) is 0 Å². The second-order valence-electron chi connectivity index (χ2n) is 4.10. The fourth-order valence-corrected chi connectivity index (χ4v) is 1.90. The van der Waals surface area contributed by atoms with Crippen molar-refractivity contribution in [1.82, 2.24) is 0 Å². The summed E-state index contributed by atoms with van der Waals surface area (Å²) in [6.45, 7) is 1.79. The molecule has 2 aromatic carbocycles. The summed E-state index contributed by atoms with van der Waals surface area (Å²) in [6, 6.07) is 10.3. The van der Waals surface area contributed by atoms with Crippen molar-refractivity contribution < 1.29 is 10.9 Å². The Morgan fingerprint density at radius 3 is 2.63 bits per heavy atom. The summed E-state index contributed by atoms with van der Waals surface area (Å²) in [5.74, 6) is 0.276. The van der Waals surface area contributed by atoms with E-state index in [9.17, 15) is 4.79 Å². The van der Waals surface area contributed by atoms with E-state index in [-0.39, 0.29) is 5.91 Å². The topological polar surface area (TPSA) is 64.4 Å². The van der Waals surface area contributed by atoms with Crippen molar-refractivity contribution >= 4 is 17.3 Å². The standard InChI is InChI=1S/C15H16N2O2/c1-10-12(8-9-13(16)14(10)19-2)15(18)17-11-6-4-3-5-7-11/h3-9H,16H2,1-2H3,(H,17,18)/i3T. The van der Waals surface area contributed by atoms with Crippen LogP contribution in [0.3, 0.4) is 0 Å². The Morgan fingerprint density at radius 1 is 1.32 bits per heavy atom. The summed E-state index contributed by atoms with van der Waals surface area (Å²) in [5.41, 5.74) is 8.13. The van der Waals surface area contributed by atoms with Gasteiger partial charge in [-0.25, -0.2) is 0 Å². The number of carbonyl (C=O) groups is 1. The second kappa shape index (κ2) is 5.44. The third kappa shape index (κ3) is 2.68. The molecule has 0 saturated carbocycles. The number of benzene rings is 2. The van der Waals surface area contributed by atoms with E-state index in [1.165, 1.54) is 7.11 Å². The number of methoxy groups -OCH3 is 1. The third-order valence-electron chi connectivity index (χ3n) is 2.86. The summed E-state index contributed by atoms with van der Waals surface area (Å²) in [5, 5.41) is 2.78. The van der Waals surface area contributed by atoms with Crippen molar-refractivity contribution in [3.63, 3.8) is 0 Å². The Labute approximate surface area is 113 Å². The van der Waals surface area contributed by atoms with E-state index in [1.807, 2.05) is 0 Å². The molecule has 0 aromatic heterocycles. The maximum absolute atomic E-state index is 12.2. The summed E-state index contributed by atoms with van der Waals surface area (Å²) in [6.07, 6.45) is 0. The first kappa shape index (κ1) is 11.6. The van der Waals surface area contributed by atoms with Crippen molar-refractivity contribution in [2.75, 3.05) is 18.2 Å². The molecule has 3 N–H and O–H groups in total. The number of nitrogens with two attached hydrogens (primary N) is 1. The summed E-state index contributed by atoms with van der Waals surface area (Å²) in [4.78, 5) is 12.2. The molecule has 0 aliphatic rings. The van der Waals surface area contributed by atoms with Gasteiger partial charge in [-0.3, -0.25) is 4.79 Å². The normalized spacial score (nSPS) is 10.7. The first-order valence-corrected chi connectivity index (χ1v) is 5.84. The molecule has 0 aliphatic carbocycles. The second-order valence-corrected chi connectivity index (χ2v) is 4.10. The molecule has 4 nitrogen and oxygen atoms in total. The highest BCUT2D eigenvalue weighted by Crippen LogP contribution is 2.28. The van der Waals surface area contributed by atoms with Gasteiger partial charge in [0.1, 0.15) is 5.75 Å². The molecule has 4 heteroatoms. The minimum Gasteiger partial charge on any atom is -0.494 e. The number of para-hydroxylation sites is 1. The minimum absolute atomic E-state index is 0.237. The van der Waals surface area contributed by atoms with E-state index in [4.69, 9.17) is 11.8 Å². The van der Waals surface area contributed by atoms with Gasteiger partial charge in [0, 0.05) is 16.8 Å². The van der Waals surface area contributed by atoms with Crippen LogP contribution in [0.1, 0.15) is 17.3 Å². The van der Waals surface area contributed by atoms with Crippen LogP contribution in [0.25, 0.3) is 0 Å². The van der Waals surface area contributed by atoms with Crippen LogP contribution in [0, 0.1) is 6.92 Å². The van der Waals surface area contributed by atoms with Crippen LogP contribution < -0.4 is 15.8 Å². The average Bonchev–Trinajstić information content (AvgIpc) is 2.42. The van der Waals surface area contributed by atoms with E-state index >= 15 is 0 Å². The lowest BCUT2D eigenvalue weighted by atomic mass is 10.1. The highest BCUT2D eigenvalue weighted by molar-refractivity contribution is 6.06. The lowest BCUT2D eigenvalue weighted by molar-refractivity contribution is 0.102. The van der Waals surface area contributed by atoms with Crippen molar-refractivity contribution in [2.45, 2.75) is 6.92 Å². The van der Waals surface area contributed by atoms with E-state index in [1.54, 1.807) is 43.3 Å². The minimum atomic E-state index is -0.237. The van der Waals surface area contributed by atoms with Crippen LogP contribution in [-0.2, 0) is 0 Å². The number of ether oxygens (including phenoxy) is 1. The number of anilines is 2. The number of rotatable bonds is 3. The number of nitrogen functional groups attached to an aromatic ring is 1. The molecule has 0 radical (unpaired) electrons. The number of hydrogen-bond donors (Lipinski definition) is 2. The third-order valence-corrected chi connectivity index (χ3v) is 2.86. The van der Waals surface area contributed by atoms with Gasteiger partial charge < -0.3 is 15.8 Å². The first-order valence-electron chi connectivity index (χ1n) is 6.34. The van der Waals surface area contributed by atoms with Gasteiger partial charge in [-0.15, -0.1) is 0 Å². The maximum Gasteiger partial charge on any atom is 0.256 e. The number of nitrogens with one attached hydrogen (secondary N) is 1.